The van der Waals surface area contributed by atoms with Crippen molar-refractivity contribution >= 4 is 25.8 Å². The molecule has 0 radical (unpaired) electrons. The summed E-state index contributed by atoms with van der Waals surface area (Å²) in [6.07, 6.45) is 2.54. The highest BCUT2D eigenvalue weighted by atomic mass is 28.4. The number of fused-ring (bicyclic) bond motifs is 1. The predicted molar refractivity (Wildman–Crippen MR) is 104 cm³/mol. The molecule has 2 aliphatic rings. The lowest BCUT2D eigenvalue weighted by molar-refractivity contribution is -0.127. The van der Waals surface area contributed by atoms with Gasteiger partial charge in [0, 0.05) is 20.3 Å². The zero-order valence-corrected chi connectivity index (χ0v) is 17.1. The summed E-state index contributed by atoms with van der Waals surface area (Å²) in [6.45, 7) is 6.94. The number of carbonyl (C=O) groups excluding carboxylic acids is 2. The number of hydrogen-bond donors (Lipinski definition) is 0. The van der Waals surface area contributed by atoms with Crippen LogP contribution in [-0.4, -0.2) is 56.9 Å². The van der Waals surface area contributed by atoms with Gasteiger partial charge in [0.2, 0.25) is 5.91 Å². The Morgan fingerprint density at radius 1 is 1.12 bits per heavy atom. The van der Waals surface area contributed by atoms with Gasteiger partial charge in [-0.3, -0.25) is 9.59 Å². The lowest BCUT2D eigenvalue weighted by Gasteiger charge is -2.38. The van der Waals surface area contributed by atoms with Crippen LogP contribution in [0.25, 0.3) is 0 Å². The third kappa shape index (κ3) is 3.60. The Morgan fingerprint density at radius 2 is 1.77 bits per heavy atom. The van der Waals surface area contributed by atoms with Crippen molar-refractivity contribution in [2.24, 2.45) is 5.92 Å². The van der Waals surface area contributed by atoms with Crippen LogP contribution in [0.5, 0.6) is 0 Å². The SMILES string of the molecule is CN(C)N1C=C(CO[Si](C)(C)C)CC2C(=O)N(c3ccccc3)C(=O)C21. The van der Waals surface area contributed by atoms with E-state index in [1.165, 1.54) is 4.90 Å². The van der Waals surface area contributed by atoms with Crippen molar-refractivity contribution in [3.05, 3.63) is 42.1 Å². The van der Waals surface area contributed by atoms with Gasteiger partial charge in [-0.05, 0) is 43.8 Å². The van der Waals surface area contributed by atoms with E-state index in [0.717, 1.165) is 5.57 Å². The summed E-state index contributed by atoms with van der Waals surface area (Å²) in [6, 6.07) is 8.67. The number of imide groups is 1. The van der Waals surface area contributed by atoms with Crippen molar-refractivity contribution in [2.45, 2.75) is 32.1 Å². The fourth-order valence-electron chi connectivity index (χ4n) is 3.41. The zero-order chi connectivity index (χ0) is 19.1. The van der Waals surface area contributed by atoms with Crippen molar-refractivity contribution in [2.75, 3.05) is 25.6 Å². The molecule has 0 spiro atoms. The number of rotatable bonds is 5. The number of anilines is 1. The third-order valence-electron chi connectivity index (χ3n) is 4.64. The molecule has 0 saturated carbocycles. The summed E-state index contributed by atoms with van der Waals surface area (Å²) < 4.78 is 6.03. The molecule has 140 valence electrons. The van der Waals surface area contributed by atoms with Crippen LogP contribution in [0.2, 0.25) is 19.6 Å². The predicted octanol–water partition coefficient (Wildman–Crippen LogP) is 2.46. The second kappa shape index (κ2) is 6.98. The molecule has 2 heterocycles. The Labute approximate surface area is 156 Å². The average Bonchev–Trinajstić information content (AvgIpc) is 2.83. The summed E-state index contributed by atoms with van der Waals surface area (Å²) in [7, 11) is 2.12. The molecule has 1 saturated heterocycles. The van der Waals surface area contributed by atoms with E-state index in [4.69, 9.17) is 4.43 Å². The maximum atomic E-state index is 13.1. The molecule has 2 unspecified atom stereocenters. The summed E-state index contributed by atoms with van der Waals surface area (Å²) in [5, 5.41) is 3.74. The zero-order valence-electron chi connectivity index (χ0n) is 16.1. The highest BCUT2D eigenvalue weighted by Gasteiger charge is 2.53. The number of benzene rings is 1. The van der Waals surface area contributed by atoms with Crippen molar-refractivity contribution in [1.82, 2.24) is 10.0 Å². The topological polar surface area (TPSA) is 53.1 Å². The van der Waals surface area contributed by atoms with Crippen LogP contribution in [-0.2, 0) is 14.0 Å². The minimum absolute atomic E-state index is 0.128. The molecule has 7 heteroatoms. The van der Waals surface area contributed by atoms with Gasteiger partial charge in [0.25, 0.3) is 5.91 Å². The van der Waals surface area contributed by atoms with Gasteiger partial charge in [-0.1, -0.05) is 18.2 Å². The largest absolute Gasteiger partial charge is 0.414 e. The van der Waals surface area contributed by atoms with E-state index >= 15 is 0 Å². The number of para-hydroxylation sites is 1. The van der Waals surface area contributed by atoms with Crippen LogP contribution < -0.4 is 4.90 Å². The van der Waals surface area contributed by atoms with Gasteiger partial charge in [0.15, 0.2) is 8.32 Å². The minimum atomic E-state index is -1.66. The molecule has 2 atom stereocenters. The van der Waals surface area contributed by atoms with Crippen LogP contribution in [0.4, 0.5) is 5.69 Å². The van der Waals surface area contributed by atoms with Crippen LogP contribution in [0.3, 0.4) is 0 Å². The molecule has 1 fully saturated rings. The van der Waals surface area contributed by atoms with Crippen molar-refractivity contribution in [3.8, 4) is 0 Å². The Morgan fingerprint density at radius 3 is 2.35 bits per heavy atom. The van der Waals surface area contributed by atoms with Crippen molar-refractivity contribution < 1.29 is 14.0 Å². The second-order valence-electron chi connectivity index (χ2n) is 8.02. The maximum Gasteiger partial charge on any atom is 0.258 e. The highest BCUT2D eigenvalue weighted by molar-refractivity contribution is 6.69. The molecule has 6 nitrogen and oxygen atoms in total. The molecule has 26 heavy (non-hydrogen) atoms. The monoisotopic (exact) mass is 373 g/mol. The molecule has 2 amide bonds. The normalized spacial score (nSPS) is 23.5. The molecule has 1 aromatic rings. The van der Waals surface area contributed by atoms with E-state index < -0.39 is 14.4 Å². The van der Waals surface area contributed by atoms with Gasteiger partial charge in [-0.2, -0.15) is 0 Å². The number of nitrogens with zero attached hydrogens (tertiary/aromatic N) is 3. The van der Waals surface area contributed by atoms with Gasteiger partial charge in [-0.15, -0.1) is 0 Å². The van der Waals surface area contributed by atoms with Crippen LogP contribution in [0.1, 0.15) is 6.42 Å². The van der Waals surface area contributed by atoms with E-state index in [0.29, 0.717) is 18.7 Å². The highest BCUT2D eigenvalue weighted by Crippen LogP contribution is 2.37. The fraction of sp³-hybridized carbons (Fsp3) is 0.474. The lowest BCUT2D eigenvalue weighted by Crippen LogP contribution is -2.50. The van der Waals surface area contributed by atoms with Crippen molar-refractivity contribution in [1.29, 1.82) is 0 Å². The minimum Gasteiger partial charge on any atom is -0.414 e. The van der Waals surface area contributed by atoms with E-state index in [2.05, 4.69) is 19.6 Å². The van der Waals surface area contributed by atoms with E-state index in [9.17, 15) is 9.59 Å². The molecule has 2 aliphatic heterocycles. The molecule has 0 aromatic heterocycles. The summed E-state index contributed by atoms with van der Waals surface area (Å²) >= 11 is 0. The van der Waals surface area contributed by atoms with Crippen LogP contribution >= 0.6 is 0 Å². The maximum absolute atomic E-state index is 13.1. The van der Waals surface area contributed by atoms with Gasteiger partial charge < -0.3 is 9.43 Å². The standard InChI is InChI=1S/C19H27N3O3Si/c1-20(2)21-12-14(13-25-26(3,4)5)11-16-17(21)19(24)22(18(16)23)15-9-7-6-8-10-15/h6-10,12,16-17H,11,13H2,1-5H3. The lowest BCUT2D eigenvalue weighted by atomic mass is 9.91. The van der Waals surface area contributed by atoms with Gasteiger partial charge in [0.1, 0.15) is 6.04 Å². The number of hydrazine groups is 1. The molecule has 0 N–H and O–H groups in total. The molecule has 0 aliphatic carbocycles. The third-order valence-corrected chi connectivity index (χ3v) is 5.65. The first-order valence-corrected chi connectivity index (χ1v) is 12.3. The Balaban J connectivity index is 1.90. The molecular formula is C19H27N3O3Si. The van der Waals surface area contributed by atoms with Gasteiger partial charge in [0.05, 0.1) is 18.2 Å². The van der Waals surface area contributed by atoms with Crippen LogP contribution in [0, 0.1) is 5.92 Å². The summed E-state index contributed by atoms with van der Waals surface area (Å²) in [5.74, 6) is -0.673. The first-order valence-electron chi connectivity index (χ1n) is 8.91. The first-order chi connectivity index (χ1) is 12.2. The van der Waals surface area contributed by atoms with Gasteiger partial charge in [-0.25, -0.2) is 9.91 Å². The number of amides is 2. The number of carbonyl (C=O) groups is 2. The Kier molecular flexibility index (Phi) is 5.05. The summed E-state index contributed by atoms with van der Waals surface area (Å²) in [5.41, 5.74) is 1.69. The Bertz CT molecular complexity index is 727. The first kappa shape index (κ1) is 18.8. The smallest absolute Gasteiger partial charge is 0.258 e. The molecule has 0 bridgehead atoms. The number of hydrogen-bond acceptors (Lipinski definition) is 5. The molecule has 1 aromatic carbocycles. The summed E-state index contributed by atoms with van der Waals surface area (Å²) in [4.78, 5) is 27.5. The van der Waals surface area contributed by atoms with E-state index in [1.54, 1.807) is 12.1 Å². The van der Waals surface area contributed by atoms with E-state index in [1.807, 2.05) is 48.5 Å². The fourth-order valence-corrected chi connectivity index (χ4v) is 4.03. The quantitative estimate of drug-likeness (QED) is 0.586. The average molecular weight is 374 g/mol. The Hall–Kier alpha value is -1.96. The molecular weight excluding hydrogens is 346 g/mol. The molecule has 3 rings (SSSR count). The van der Waals surface area contributed by atoms with Crippen molar-refractivity contribution in [3.63, 3.8) is 0 Å². The van der Waals surface area contributed by atoms with Crippen LogP contribution in [0.15, 0.2) is 42.1 Å². The van der Waals surface area contributed by atoms with E-state index in [-0.39, 0.29) is 17.7 Å². The van der Waals surface area contributed by atoms with Gasteiger partial charge >= 0.3 is 0 Å². The second-order valence-corrected chi connectivity index (χ2v) is 12.5.